The maximum absolute atomic E-state index is 5.91. The molecular formula is C12H18N2S. The van der Waals surface area contributed by atoms with Gasteiger partial charge in [-0.2, -0.15) is 11.8 Å². The van der Waals surface area contributed by atoms with Gasteiger partial charge in [-0.05, 0) is 29.9 Å². The van der Waals surface area contributed by atoms with Crippen molar-refractivity contribution >= 4 is 11.8 Å². The lowest BCUT2D eigenvalue weighted by Gasteiger charge is -2.10. The van der Waals surface area contributed by atoms with Crippen LogP contribution in [0.25, 0.3) is 0 Å². The number of aromatic nitrogens is 1. The Balaban J connectivity index is 1.99. The summed E-state index contributed by atoms with van der Waals surface area (Å²) in [5.74, 6) is 3.11. The minimum absolute atomic E-state index is 0.720. The van der Waals surface area contributed by atoms with E-state index in [1.165, 1.54) is 54.0 Å². The van der Waals surface area contributed by atoms with Gasteiger partial charge >= 0.3 is 0 Å². The first-order valence-electron chi connectivity index (χ1n) is 5.90. The van der Waals surface area contributed by atoms with Crippen LogP contribution in [0.1, 0.15) is 54.1 Å². The molecule has 1 aliphatic heterocycles. The summed E-state index contributed by atoms with van der Waals surface area (Å²) in [4.78, 5) is 3.65. The molecule has 82 valence electrons. The Bertz CT molecular complexity index is 364. The Morgan fingerprint density at radius 3 is 2.80 bits per heavy atom. The molecule has 0 bridgehead atoms. The molecule has 0 unspecified atom stereocenters. The molecule has 0 atom stereocenters. The van der Waals surface area contributed by atoms with E-state index in [2.05, 4.69) is 4.98 Å². The van der Waals surface area contributed by atoms with Crippen molar-refractivity contribution < 1.29 is 0 Å². The quantitative estimate of drug-likeness (QED) is 0.808. The van der Waals surface area contributed by atoms with Crippen molar-refractivity contribution in [1.29, 1.82) is 0 Å². The van der Waals surface area contributed by atoms with Gasteiger partial charge in [-0.3, -0.25) is 0 Å². The number of thioether (sulfide) groups is 1. The topological polar surface area (TPSA) is 41.8 Å². The zero-order valence-corrected chi connectivity index (χ0v) is 9.83. The molecule has 0 saturated heterocycles. The molecule has 0 spiro atoms. The standard InChI is InChI=1S/C12H18N2S/c13-5-9-10-6-15-7-11(10)14-12(9)8-3-1-2-4-8/h8,14H,1-7,13H2. The Labute approximate surface area is 95.0 Å². The van der Waals surface area contributed by atoms with E-state index in [1.54, 1.807) is 0 Å². The third kappa shape index (κ3) is 1.53. The summed E-state index contributed by atoms with van der Waals surface area (Å²) in [5.41, 5.74) is 11.8. The Hall–Kier alpha value is -0.410. The van der Waals surface area contributed by atoms with Crippen molar-refractivity contribution in [2.24, 2.45) is 5.73 Å². The van der Waals surface area contributed by atoms with Gasteiger partial charge in [0, 0.05) is 29.4 Å². The fraction of sp³-hybridized carbons (Fsp3) is 0.667. The van der Waals surface area contributed by atoms with Crippen molar-refractivity contribution in [3.8, 4) is 0 Å². The van der Waals surface area contributed by atoms with E-state index in [9.17, 15) is 0 Å². The van der Waals surface area contributed by atoms with E-state index in [-0.39, 0.29) is 0 Å². The normalized spacial score (nSPS) is 21.1. The van der Waals surface area contributed by atoms with Crippen molar-refractivity contribution in [1.82, 2.24) is 4.98 Å². The molecule has 1 aromatic heterocycles. The lowest BCUT2D eigenvalue weighted by atomic mass is 9.98. The van der Waals surface area contributed by atoms with Crippen LogP contribution in [0, 0.1) is 0 Å². The third-order valence-electron chi connectivity index (χ3n) is 3.80. The summed E-state index contributed by atoms with van der Waals surface area (Å²) in [6.07, 6.45) is 5.51. The van der Waals surface area contributed by atoms with Crippen LogP contribution in [0.5, 0.6) is 0 Å². The Morgan fingerprint density at radius 2 is 2.07 bits per heavy atom. The van der Waals surface area contributed by atoms with E-state index in [0.29, 0.717) is 0 Å². The first-order valence-corrected chi connectivity index (χ1v) is 7.06. The highest BCUT2D eigenvalue weighted by Crippen LogP contribution is 2.41. The van der Waals surface area contributed by atoms with Crippen LogP contribution in [-0.2, 0) is 18.1 Å². The Kier molecular flexibility index (Phi) is 2.53. The minimum atomic E-state index is 0.720. The molecule has 2 heterocycles. The van der Waals surface area contributed by atoms with E-state index in [4.69, 9.17) is 5.73 Å². The SMILES string of the molecule is NCc1c(C2CCCC2)[nH]c2c1CSC2. The second-order valence-electron chi connectivity index (χ2n) is 4.65. The first-order chi connectivity index (χ1) is 7.40. The first kappa shape index (κ1) is 9.79. The molecule has 0 aromatic carbocycles. The summed E-state index contributed by atoms with van der Waals surface area (Å²) in [5, 5.41) is 0. The summed E-state index contributed by atoms with van der Waals surface area (Å²) < 4.78 is 0. The molecule has 3 heteroatoms. The van der Waals surface area contributed by atoms with Gasteiger partial charge in [-0.25, -0.2) is 0 Å². The van der Waals surface area contributed by atoms with Gasteiger partial charge in [-0.1, -0.05) is 12.8 Å². The van der Waals surface area contributed by atoms with Crippen LogP contribution in [0.3, 0.4) is 0 Å². The molecule has 3 N–H and O–H groups in total. The lowest BCUT2D eigenvalue weighted by molar-refractivity contribution is 0.690. The number of fused-ring (bicyclic) bond motifs is 1. The molecule has 1 aromatic rings. The molecular weight excluding hydrogens is 204 g/mol. The number of nitrogens with two attached hydrogens (primary N) is 1. The van der Waals surface area contributed by atoms with E-state index in [1.807, 2.05) is 11.8 Å². The van der Waals surface area contributed by atoms with Gasteiger partial charge in [0.05, 0.1) is 0 Å². The van der Waals surface area contributed by atoms with Crippen molar-refractivity contribution in [2.75, 3.05) is 0 Å². The molecule has 15 heavy (non-hydrogen) atoms. The van der Waals surface area contributed by atoms with Crippen LogP contribution in [-0.4, -0.2) is 4.98 Å². The van der Waals surface area contributed by atoms with Gasteiger partial charge in [0.1, 0.15) is 0 Å². The van der Waals surface area contributed by atoms with Gasteiger partial charge < -0.3 is 10.7 Å². The predicted molar refractivity (Wildman–Crippen MR) is 64.9 cm³/mol. The third-order valence-corrected chi connectivity index (χ3v) is 4.79. The van der Waals surface area contributed by atoms with Crippen LogP contribution in [0.15, 0.2) is 0 Å². The van der Waals surface area contributed by atoms with Crippen LogP contribution in [0.2, 0.25) is 0 Å². The summed E-state index contributed by atoms with van der Waals surface area (Å²) >= 11 is 2.00. The zero-order chi connectivity index (χ0) is 10.3. The summed E-state index contributed by atoms with van der Waals surface area (Å²) in [6, 6.07) is 0. The van der Waals surface area contributed by atoms with Gasteiger partial charge in [0.25, 0.3) is 0 Å². The number of hydrogen-bond acceptors (Lipinski definition) is 2. The highest BCUT2D eigenvalue weighted by atomic mass is 32.2. The molecule has 3 rings (SSSR count). The fourth-order valence-electron chi connectivity index (χ4n) is 3.01. The van der Waals surface area contributed by atoms with Crippen molar-refractivity contribution in [3.63, 3.8) is 0 Å². The largest absolute Gasteiger partial charge is 0.361 e. The van der Waals surface area contributed by atoms with E-state index < -0.39 is 0 Å². The maximum atomic E-state index is 5.91. The average Bonchev–Trinajstić information content (AvgIpc) is 2.93. The highest BCUT2D eigenvalue weighted by Gasteiger charge is 2.26. The number of aromatic amines is 1. The number of hydrogen-bond donors (Lipinski definition) is 2. The zero-order valence-electron chi connectivity index (χ0n) is 9.01. The summed E-state index contributed by atoms with van der Waals surface area (Å²) in [7, 11) is 0. The molecule has 1 saturated carbocycles. The van der Waals surface area contributed by atoms with Gasteiger partial charge in [-0.15, -0.1) is 0 Å². The van der Waals surface area contributed by atoms with Crippen molar-refractivity contribution in [2.45, 2.75) is 49.7 Å². The molecule has 1 fully saturated rings. The molecule has 2 aliphatic rings. The molecule has 0 radical (unpaired) electrons. The van der Waals surface area contributed by atoms with Gasteiger partial charge in [0.2, 0.25) is 0 Å². The summed E-state index contributed by atoms with van der Waals surface area (Å²) in [6.45, 7) is 0.720. The average molecular weight is 222 g/mol. The monoisotopic (exact) mass is 222 g/mol. The van der Waals surface area contributed by atoms with Crippen LogP contribution < -0.4 is 5.73 Å². The van der Waals surface area contributed by atoms with E-state index in [0.717, 1.165) is 18.2 Å². The second-order valence-corrected chi connectivity index (χ2v) is 5.64. The fourth-order valence-corrected chi connectivity index (χ4v) is 4.11. The molecule has 0 amide bonds. The van der Waals surface area contributed by atoms with Crippen molar-refractivity contribution in [3.05, 3.63) is 22.5 Å². The smallest absolute Gasteiger partial charge is 0.0342 e. The van der Waals surface area contributed by atoms with Gasteiger partial charge in [0.15, 0.2) is 0 Å². The Morgan fingerprint density at radius 1 is 1.27 bits per heavy atom. The number of H-pyrrole nitrogens is 1. The predicted octanol–water partition coefficient (Wildman–Crippen LogP) is 2.88. The molecule has 2 nitrogen and oxygen atoms in total. The lowest BCUT2D eigenvalue weighted by Crippen LogP contribution is -2.04. The molecule has 1 aliphatic carbocycles. The van der Waals surface area contributed by atoms with Crippen LogP contribution >= 0.6 is 11.8 Å². The number of rotatable bonds is 2. The minimum Gasteiger partial charge on any atom is -0.361 e. The second kappa shape index (κ2) is 3.87. The number of nitrogens with one attached hydrogen (secondary N) is 1. The highest BCUT2D eigenvalue weighted by molar-refractivity contribution is 7.98. The van der Waals surface area contributed by atoms with E-state index >= 15 is 0 Å². The maximum Gasteiger partial charge on any atom is 0.0342 e. The van der Waals surface area contributed by atoms with Crippen LogP contribution in [0.4, 0.5) is 0 Å².